The Morgan fingerprint density at radius 3 is 2.78 bits per heavy atom. The van der Waals surface area contributed by atoms with Crippen LogP contribution in [0.15, 0.2) is 42.6 Å². The highest BCUT2D eigenvalue weighted by Crippen LogP contribution is 2.68. The topological polar surface area (TPSA) is 65.8 Å². The number of aliphatic hydroxyl groups is 1. The van der Waals surface area contributed by atoms with E-state index in [1.54, 1.807) is 12.1 Å². The van der Waals surface area contributed by atoms with E-state index >= 15 is 0 Å². The molecule has 2 N–H and O–H groups in total. The van der Waals surface area contributed by atoms with Crippen LogP contribution < -0.4 is 4.74 Å². The van der Waals surface area contributed by atoms with Crippen molar-refractivity contribution in [1.82, 2.24) is 9.88 Å². The number of phenolic OH excluding ortho intramolecular Hbond substituents is 1. The number of pyridine rings is 1. The fourth-order valence-corrected chi connectivity index (χ4v) is 8.23. The van der Waals surface area contributed by atoms with Gasteiger partial charge in [0.15, 0.2) is 17.6 Å². The average molecular weight is 521 g/mol. The van der Waals surface area contributed by atoms with Gasteiger partial charge >= 0.3 is 0 Å². The summed E-state index contributed by atoms with van der Waals surface area (Å²) in [4.78, 5) is 7.46. The van der Waals surface area contributed by atoms with Crippen LogP contribution in [0.5, 0.6) is 11.5 Å². The third-order valence-electron chi connectivity index (χ3n) is 9.47. The molecule has 3 aromatic rings. The summed E-state index contributed by atoms with van der Waals surface area (Å²) in [5.74, 6) is 1.42. The molecule has 4 atom stereocenters. The number of phenols is 1. The fourth-order valence-electron chi connectivity index (χ4n) is 7.71. The molecule has 1 saturated carbocycles. The van der Waals surface area contributed by atoms with Crippen molar-refractivity contribution in [3.8, 4) is 22.6 Å². The van der Waals surface area contributed by atoms with Gasteiger partial charge in [-0.05, 0) is 73.5 Å². The Morgan fingerprint density at radius 1 is 1.11 bits per heavy atom. The van der Waals surface area contributed by atoms with Crippen molar-refractivity contribution in [3.63, 3.8) is 0 Å². The Morgan fingerprint density at radius 2 is 1.97 bits per heavy atom. The highest BCUT2D eigenvalue weighted by molar-refractivity contribution is 6.36. The zero-order valence-electron chi connectivity index (χ0n) is 19.7. The van der Waals surface area contributed by atoms with E-state index in [4.69, 9.17) is 32.9 Å². The number of nitrogens with zero attached hydrogens (tertiary/aromatic N) is 2. The Balaban J connectivity index is 1.32. The standard InChI is InChI=1S/C29H26Cl2N2O3/c30-19-4-5-20(21(31)11-19)18-9-17-12-29(35)23-10-16-3-6-22(34)26-24(16)28(29,27(36-26)25(17)32-13-18)7-8-33(23)14-15-1-2-15/h3-6,9,11,13,15,23,27,34-35H,1-2,7-8,10,12,14H2/t23-,27-,28-,29+/m0/s1. The second kappa shape index (κ2) is 7.16. The van der Waals surface area contributed by atoms with Crippen LogP contribution in [0, 0.1) is 5.92 Å². The minimum Gasteiger partial charge on any atom is -0.504 e. The molecule has 5 nitrogen and oxygen atoms in total. The maximum Gasteiger partial charge on any atom is 0.166 e. The largest absolute Gasteiger partial charge is 0.504 e. The predicted molar refractivity (Wildman–Crippen MR) is 138 cm³/mol. The van der Waals surface area contributed by atoms with E-state index < -0.39 is 17.1 Å². The van der Waals surface area contributed by atoms with E-state index in [2.05, 4.69) is 11.0 Å². The highest BCUT2D eigenvalue weighted by Gasteiger charge is 2.72. The lowest BCUT2D eigenvalue weighted by atomic mass is 9.49. The van der Waals surface area contributed by atoms with Gasteiger partial charge in [0.1, 0.15) is 0 Å². The van der Waals surface area contributed by atoms with Gasteiger partial charge in [-0.2, -0.15) is 0 Å². The van der Waals surface area contributed by atoms with E-state index in [1.807, 2.05) is 24.4 Å². The summed E-state index contributed by atoms with van der Waals surface area (Å²) in [6.45, 7) is 1.96. The Bertz CT molecular complexity index is 1460. The van der Waals surface area contributed by atoms with Gasteiger partial charge in [-0.1, -0.05) is 35.3 Å². The molecule has 2 fully saturated rings. The molecule has 2 bridgehead atoms. The van der Waals surface area contributed by atoms with Crippen LogP contribution in [-0.4, -0.2) is 44.8 Å². The summed E-state index contributed by atoms with van der Waals surface area (Å²) >= 11 is 12.7. The lowest BCUT2D eigenvalue weighted by Crippen LogP contribution is -2.74. The van der Waals surface area contributed by atoms with Gasteiger partial charge in [0.2, 0.25) is 0 Å². The number of rotatable bonds is 3. The lowest BCUT2D eigenvalue weighted by molar-refractivity contribution is -0.173. The number of hydrogen-bond donors (Lipinski definition) is 2. The molecule has 7 heteroatoms. The van der Waals surface area contributed by atoms with Gasteiger partial charge in [-0.15, -0.1) is 0 Å². The van der Waals surface area contributed by atoms with Gasteiger partial charge in [0, 0.05) is 51.9 Å². The molecule has 184 valence electrons. The molecular formula is C29H26Cl2N2O3. The Hall–Kier alpha value is -2.31. The molecule has 3 aliphatic carbocycles. The number of likely N-dealkylation sites (tertiary alicyclic amines) is 1. The number of hydrogen-bond acceptors (Lipinski definition) is 5. The van der Waals surface area contributed by atoms with Gasteiger partial charge in [-0.3, -0.25) is 9.88 Å². The molecule has 0 radical (unpaired) electrons. The van der Waals surface area contributed by atoms with Crippen LogP contribution >= 0.6 is 23.2 Å². The molecule has 0 unspecified atom stereocenters. The molecule has 1 aromatic heterocycles. The van der Waals surface area contributed by atoms with Gasteiger partial charge in [0.05, 0.1) is 16.7 Å². The molecule has 5 aliphatic rings. The number of halogens is 2. The van der Waals surface area contributed by atoms with Crippen molar-refractivity contribution in [2.24, 2.45) is 5.92 Å². The first kappa shape index (κ1) is 21.7. The summed E-state index contributed by atoms with van der Waals surface area (Å²) in [5.41, 5.74) is 4.15. The summed E-state index contributed by atoms with van der Waals surface area (Å²) in [5, 5.41) is 24.8. The molecule has 0 amide bonds. The first-order valence-corrected chi connectivity index (χ1v) is 13.6. The number of aromatic nitrogens is 1. The number of benzene rings is 2. The summed E-state index contributed by atoms with van der Waals surface area (Å²) in [6, 6.07) is 11.3. The summed E-state index contributed by atoms with van der Waals surface area (Å²) in [7, 11) is 0. The van der Waals surface area contributed by atoms with Crippen molar-refractivity contribution in [2.75, 3.05) is 13.1 Å². The predicted octanol–water partition coefficient (Wildman–Crippen LogP) is 5.46. The second-order valence-corrected chi connectivity index (χ2v) is 12.2. The molecular weight excluding hydrogens is 495 g/mol. The molecule has 3 heterocycles. The van der Waals surface area contributed by atoms with Crippen LogP contribution in [0.4, 0.5) is 0 Å². The van der Waals surface area contributed by atoms with Crippen molar-refractivity contribution in [2.45, 2.75) is 55.3 Å². The minimum atomic E-state index is -1.02. The van der Waals surface area contributed by atoms with Crippen LogP contribution in [0.1, 0.15) is 47.8 Å². The molecule has 8 rings (SSSR count). The monoisotopic (exact) mass is 520 g/mol. The summed E-state index contributed by atoms with van der Waals surface area (Å²) in [6.07, 6.45) is 6.01. The Kier molecular flexibility index (Phi) is 4.33. The smallest absolute Gasteiger partial charge is 0.166 e. The number of aromatic hydroxyl groups is 1. The van der Waals surface area contributed by atoms with E-state index in [0.717, 1.165) is 59.8 Å². The van der Waals surface area contributed by atoms with E-state index in [0.29, 0.717) is 22.2 Å². The van der Waals surface area contributed by atoms with E-state index in [-0.39, 0.29) is 11.8 Å². The van der Waals surface area contributed by atoms with Crippen LogP contribution in [0.25, 0.3) is 11.1 Å². The molecule has 2 aromatic carbocycles. The normalized spacial score (nSPS) is 31.5. The zero-order valence-corrected chi connectivity index (χ0v) is 21.2. The second-order valence-electron chi connectivity index (χ2n) is 11.3. The third-order valence-corrected chi connectivity index (χ3v) is 10.0. The average Bonchev–Trinajstić information content (AvgIpc) is 3.58. The van der Waals surface area contributed by atoms with Crippen molar-refractivity contribution in [3.05, 3.63) is 75.0 Å². The molecule has 36 heavy (non-hydrogen) atoms. The van der Waals surface area contributed by atoms with Crippen molar-refractivity contribution >= 4 is 23.2 Å². The van der Waals surface area contributed by atoms with Gasteiger partial charge in [0.25, 0.3) is 0 Å². The van der Waals surface area contributed by atoms with Crippen LogP contribution in [-0.2, 0) is 18.3 Å². The SMILES string of the molecule is Oc1ccc2c3c1O[C@H]1c4ncc(-c5ccc(Cl)cc5Cl)cc4C[C@@]4(O)[C@H](C2)N(CC2CC2)CC[C@]314. The maximum atomic E-state index is 12.8. The van der Waals surface area contributed by atoms with Crippen molar-refractivity contribution in [1.29, 1.82) is 0 Å². The zero-order chi connectivity index (χ0) is 24.4. The van der Waals surface area contributed by atoms with Crippen molar-refractivity contribution < 1.29 is 14.9 Å². The highest BCUT2D eigenvalue weighted by atomic mass is 35.5. The fraction of sp³-hybridized carbons (Fsp3) is 0.414. The van der Waals surface area contributed by atoms with Gasteiger partial charge in [-0.25, -0.2) is 0 Å². The number of ether oxygens (including phenoxy) is 1. The van der Waals surface area contributed by atoms with Crippen LogP contribution in [0.2, 0.25) is 10.0 Å². The minimum absolute atomic E-state index is 0.00290. The first-order chi connectivity index (χ1) is 17.4. The molecule has 2 aliphatic heterocycles. The molecule has 1 spiro atoms. The number of fused-ring (bicyclic) bond motifs is 2. The number of piperidine rings is 1. The van der Waals surface area contributed by atoms with Gasteiger partial charge < -0.3 is 14.9 Å². The Labute approximate surface area is 219 Å². The quantitative estimate of drug-likeness (QED) is 0.479. The van der Waals surface area contributed by atoms with Crippen LogP contribution in [0.3, 0.4) is 0 Å². The third kappa shape index (κ3) is 2.67. The maximum absolute atomic E-state index is 12.8. The molecule has 1 saturated heterocycles. The summed E-state index contributed by atoms with van der Waals surface area (Å²) < 4.78 is 6.58. The van der Waals surface area contributed by atoms with E-state index in [1.165, 1.54) is 18.4 Å². The van der Waals surface area contributed by atoms with E-state index in [9.17, 15) is 10.2 Å². The first-order valence-electron chi connectivity index (χ1n) is 12.8. The lowest BCUT2D eigenvalue weighted by Gasteiger charge is -2.63.